The maximum absolute atomic E-state index is 12.9. The van der Waals surface area contributed by atoms with Crippen molar-refractivity contribution in [2.24, 2.45) is 5.92 Å². The van der Waals surface area contributed by atoms with Crippen LogP contribution in [0.3, 0.4) is 0 Å². The van der Waals surface area contributed by atoms with Gasteiger partial charge in [-0.2, -0.15) is 0 Å². The summed E-state index contributed by atoms with van der Waals surface area (Å²) in [5.74, 6) is 0.148. The van der Waals surface area contributed by atoms with Crippen molar-refractivity contribution in [2.75, 3.05) is 19.6 Å². The fraction of sp³-hybridized carbons (Fsp3) is 0.533. The molecular weight excluding hydrogens is 259 g/mol. The van der Waals surface area contributed by atoms with E-state index < -0.39 is 0 Å². The van der Waals surface area contributed by atoms with Gasteiger partial charge in [-0.25, -0.2) is 9.18 Å². The molecule has 0 saturated carbocycles. The Balaban J connectivity index is 1.60. The minimum Gasteiger partial charge on any atom is -0.444 e. The summed E-state index contributed by atoms with van der Waals surface area (Å²) in [4.78, 5) is 13.6. The van der Waals surface area contributed by atoms with Gasteiger partial charge in [-0.1, -0.05) is 12.1 Å². The fourth-order valence-electron chi connectivity index (χ4n) is 2.91. The molecule has 2 unspecified atom stereocenters. The highest BCUT2D eigenvalue weighted by molar-refractivity contribution is 5.70. The van der Waals surface area contributed by atoms with Crippen LogP contribution < -0.4 is 5.32 Å². The van der Waals surface area contributed by atoms with Crippen LogP contribution in [0.4, 0.5) is 9.18 Å². The zero-order chi connectivity index (χ0) is 13.9. The van der Waals surface area contributed by atoms with E-state index in [-0.39, 0.29) is 18.0 Å². The molecule has 2 heterocycles. The van der Waals surface area contributed by atoms with E-state index >= 15 is 0 Å². The predicted octanol–water partition coefficient (Wildman–Crippen LogP) is 2.15. The van der Waals surface area contributed by atoms with Crippen LogP contribution in [0.2, 0.25) is 0 Å². The van der Waals surface area contributed by atoms with Crippen molar-refractivity contribution in [3.05, 3.63) is 35.6 Å². The Bertz CT molecular complexity index is 471. The summed E-state index contributed by atoms with van der Waals surface area (Å²) in [6.07, 6.45) is 1.96. The molecule has 2 aliphatic rings. The summed E-state index contributed by atoms with van der Waals surface area (Å²) in [6, 6.07) is 6.24. The van der Waals surface area contributed by atoms with Crippen LogP contribution in [-0.2, 0) is 11.3 Å². The van der Waals surface area contributed by atoms with Gasteiger partial charge in [-0.05, 0) is 37.1 Å². The number of hydrogen-bond acceptors (Lipinski definition) is 3. The second-order valence-corrected chi connectivity index (χ2v) is 5.54. The number of nitrogens with zero attached hydrogens (tertiary/aromatic N) is 1. The molecule has 20 heavy (non-hydrogen) atoms. The van der Waals surface area contributed by atoms with Crippen LogP contribution in [0.15, 0.2) is 24.3 Å². The van der Waals surface area contributed by atoms with Gasteiger partial charge in [-0.3, -0.25) is 0 Å². The lowest BCUT2D eigenvalue weighted by molar-refractivity contribution is 0.0926. The molecule has 0 aliphatic carbocycles. The summed E-state index contributed by atoms with van der Waals surface area (Å²) in [6.45, 7) is 3.08. The van der Waals surface area contributed by atoms with E-state index in [2.05, 4.69) is 5.32 Å². The summed E-state index contributed by atoms with van der Waals surface area (Å²) in [5.41, 5.74) is 0.922. The molecule has 0 spiro atoms. The van der Waals surface area contributed by atoms with Gasteiger partial charge in [-0.15, -0.1) is 0 Å². The topological polar surface area (TPSA) is 41.6 Å². The van der Waals surface area contributed by atoms with Crippen molar-refractivity contribution in [3.8, 4) is 0 Å². The highest BCUT2D eigenvalue weighted by Gasteiger charge is 2.36. The SMILES string of the molecule is O=C1OC(C2CCCNC2)CN1Cc1ccc(F)cc1. The molecule has 2 atom stereocenters. The molecule has 0 bridgehead atoms. The van der Waals surface area contributed by atoms with Crippen LogP contribution >= 0.6 is 0 Å². The zero-order valence-electron chi connectivity index (χ0n) is 11.3. The number of rotatable bonds is 3. The molecule has 1 aromatic carbocycles. The zero-order valence-corrected chi connectivity index (χ0v) is 11.3. The van der Waals surface area contributed by atoms with E-state index in [4.69, 9.17) is 4.74 Å². The summed E-state index contributed by atoms with van der Waals surface area (Å²) in [7, 11) is 0. The van der Waals surface area contributed by atoms with Crippen LogP contribution in [0, 0.1) is 11.7 Å². The van der Waals surface area contributed by atoms with Gasteiger partial charge < -0.3 is 15.0 Å². The van der Waals surface area contributed by atoms with Crippen molar-refractivity contribution in [1.82, 2.24) is 10.2 Å². The number of ether oxygens (including phenoxy) is 1. The first-order chi connectivity index (χ1) is 9.72. The standard InChI is InChI=1S/C15H19FN2O2/c16-13-5-3-11(4-6-13)9-18-10-14(20-15(18)19)12-2-1-7-17-8-12/h3-6,12,14,17H,1-2,7-10H2. The number of nitrogens with one attached hydrogen (secondary N) is 1. The van der Waals surface area contributed by atoms with Crippen LogP contribution in [0.1, 0.15) is 18.4 Å². The lowest BCUT2D eigenvalue weighted by Crippen LogP contribution is -2.38. The maximum atomic E-state index is 12.9. The van der Waals surface area contributed by atoms with Crippen molar-refractivity contribution in [1.29, 1.82) is 0 Å². The maximum Gasteiger partial charge on any atom is 0.410 e. The van der Waals surface area contributed by atoms with Gasteiger partial charge in [0.2, 0.25) is 0 Å². The molecule has 3 rings (SSSR count). The Morgan fingerprint density at radius 1 is 1.35 bits per heavy atom. The quantitative estimate of drug-likeness (QED) is 0.921. The third-order valence-electron chi connectivity index (χ3n) is 4.06. The molecular formula is C15H19FN2O2. The number of amides is 1. The highest BCUT2D eigenvalue weighted by Crippen LogP contribution is 2.24. The number of halogens is 1. The Kier molecular flexibility index (Phi) is 3.87. The number of benzene rings is 1. The number of piperidine rings is 1. The Labute approximate surface area is 117 Å². The van der Waals surface area contributed by atoms with E-state index in [1.165, 1.54) is 12.1 Å². The second kappa shape index (κ2) is 5.79. The van der Waals surface area contributed by atoms with Gasteiger partial charge >= 0.3 is 6.09 Å². The first kappa shape index (κ1) is 13.4. The Hall–Kier alpha value is -1.62. The molecule has 2 aliphatic heterocycles. The van der Waals surface area contributed by atoms with Gasteiger partial charge in [0.25, 0.3) is 0 Å². The fourth-order valence-corrected chi connectivity index (χ4v) is 2.91. The first-order valence-electron chi connectivity index (χ1n) is 7.13. The molecule has 108 valence electrons. The number of cyclic esters (lactones) is 1. The third kappa shape index (κ3) is 2.93. The molecule has 0 radical (unpaired) electrons. The molecule has 2 saturated heterocycles. The highest BCUT2D eigenvalue weighted by atomic mass is 19.1. The average Bonchev–Trinajstić information content (AvgIpc) is 2.84. The molecule has 4 nitrogen and oxygen atoms in total. The van der Waals surface area contributed by atoms with Crippen molar-refractivity contribution in [3.63, 3.8) is 0 Å². The van der Waals surface area contributed by atoms with Crippen molar-refractivity contribution < 1.29 is 13.9 Å². The monoisotopic (exact) mass is 278 g/mol. The molecule has 0 aromatic heterocycles. The van der Waals surface area contributed by atoms with Crippen LogP contribution in [0.5, 0.6) is 0 Å². The van der Waals surface area contributed by atoms with Gasteiger partial charge in [0.15, 0.2) is 0 Å². The molecule has 1 aromatic rings. The average molecular weight is 278 g/mol. The summed E-state index contributed by atoms with van der Waals surface area (Å²) < 4.78 is 18.4. The van der Waals surface area contributed by atoms with Gasteiger partial charge in [0, 0.05) is 19.0 Å². The Morgan fingerprint density at radius 3 is 2.85 bits per heavy atom. The van der Waals surface area contributed by atoms with Gasteiger partial charge in [0.05, 0.1) is 6.54 Å². The van der Waals surface area contributed by atoms with Crippen LogP contribution in [-0.4, -0.2) is 36.7 Å². The lowest BCUT2D eigenvalue weighted by Gasteiger charge is -2.26. The largest absolute Gasteiger partial charge is 0.444 e. The van der Waals surface area contributed by atoms with Crippen molar-refractivity contribution >= 4 is 6.09 Å². The van der Waals surface area contributed by atoms with Gasteiger partial charge in [0.1, 0.15) is 11.9 Å². The normalized spacial score (nSPS) is 26.6. The first-order valence-corrected chi connectivity index (χ1v) is 7.13. The predicted molar refractivity (Wildman–Crippen MR) is 72.7 cm³/mol. The van der Waals surface area contributed by atoms with Crippen molar-refractivity contribution in [2.45, 2.75) is 25.5 Å². The molecule has 2 fully saturated rings. The number of carbonyl (C=O) groups excluding carboxylic acids is 1. The second-order valence-electron chi connectivity index (χ2n) is 5.54. The minimum absolute atomic E-state index is 0.0178. The van der Waals surface area contributed by atoms with E-state index in [0.717, 1.165) is 31.5 Å². The molecule has 1 N–H and O–H groups in total. The van der Waals surface area contributed by atoms with E-state index in [1.807, 2.05) is 0 Å². The molecule has 1 amide bonds. The number of hydrogen-bond donors (Lipinski definition) is 1. The smallest absolute Gasteiger partial charge is 0.410 e. The van der Waals surface area contributed by atoms with E-state index in [0.29, 0.717) is 19.0 Å². The van der Waals surface area contributed by atoms with E-state index in [1.54, 1.807) is 17.0 Å². The van der Waals surface area contributed by atoms with Crippen LogP contribution in [0.25, 0.3) is 0 Å². The summed E-state index contributed by atoms with van der Waals surface area (Å²) in [5, 5.41) is 3.35. The minimum atomic E-state index is -0.260. The third-order valence-corrected chi connectivity index (χ3v) is 4.06. The molecule has 5 heteroatoms. The van der Waals surface area contributed by atoms with E-state index in [9.17, 15) is 9.18 Å². The Morgan fingerprint density at radius 2 is 2.15 bits per heavy atom. The number of carbonyl (C=O) groups is 1. The summed E-state index contributed by atoms with van der Waals surface area (Å²) >= 11 is 0. The lowest BCUT2D eigenvalue weighted by atomic mass is 9.94.